The number of methoxy groups -OCH3 is 1. The van der Waals surface area contributed by atoms with Gasteiger partial charge in [0.05, 0.1) is 18.4 Å². The quantitative estimate of drug-likeness (QED) is 0.740. The third-order valence-electron chi connectivity index (χ3n) is 2.85. The molecule has 6 nitrogen and oxygen atoms in total. The number of hydrogen-bond donors (Lipinski definition) is 0. The van der Waals surface area contributed by atoms with E-state index in [2.05, 4.69) is 9.72 Å². The molecule has 0 atom stereocenters. The van der Waals surface area contributed by atoms with E-state index in [9.17, 15) is 13.2 Å². The lowest BCUT2D eigenvalue weighted by Gasteiger charge is -2.16. The first kappa shape index (κ1) is 12.8. The van der Waals surface area contributed by atoms with Gasteiger partial charge in [0.1, 0.15) is 5.82 Å². The molecule has 0 amide bonds. The normalized spacial score (nSPS) is 17.8. The number of hydrogen-bond acceptors (Lipinski definition) is 5. The minimum atomic E-state index is -3.28. The predicted octanol–water partition coefficient (Wildman–Crippen LogP) is 0.717. The first-order valence-corrected chi connectivity index (χ1v) is 7.12. The molecule has 0 spiro atoms. The molecule has 7 heteroatoms. The number of sulfonamides is 1. The Morgan fingerprint density at radius 1 is 1.50 bits per heavy atom. The fraction of sp³-hybridized carbons (Fsp3) is 0.455. The van der Waals surface area contributed by atoms with Crippen molar-refractivity contribution in [2.75, 3.05) is 23.7 Å². The molecule has 0 radical (unpaired) electrons. The van der Waals surface area contributed by atoms with Gasteiger partial charge in [-0.3, -0.25) is 4.31 Å². The van der Waals surface area contributed by atoms with E-state index < -0.39 is 16.0 Å². The zero-order chi connectivity index (χ0) is 13.3. The molecule has 18 heavy (non-hydrogen) atoms. The van der Waals surface area contributed by atoms with Crippen molar-refractivity contribution in [1.29, 1.82) is 0 Å². The molecular formula is C11H14N2O4S. The van der Waals surface area contributed by atoms with E-state index in [0.717, 1.165) is 0 Å². The van der Waals surface area contributed by atoms with Crippen molar-refractivity contribution < 1.29 is 17.9 Å². The van der Waals surface area contributed by atoms with Crippen molar-refractivity contribution in [3.8, 4) is 0 Å². The van der Waals surface area contributed by atoms with Gasteiger partial charge >= 0.3 is 5.97 Å². The number of nitrogens with zero attached hydrogens (tertiary/aromatic N) is 2. The molecule has 0 aromatic carbocycles. The lowest BCUT2D eigenvalue weighted by molar-refractivity contribution is 0.0600. The summed E-state index contributed by atoms with van der Waals surface area (Å²) in [4.78, 5) is 15.6. The fourth-order valence-corrected chi connectivity index (χ4v) is 3.38. The van der Waals surface area contributed by atoms with Crippen molar-refractivity contribution in [3.63, 3.8) is 0 Å². The van der Waals surface area contributed by atoms with Crippen LogP contribution in [-0.4, -0.2) is 38.8 Å². The van der Waals surface area contributed by atoms with Crippen molar-refractivity contribution >= 4 is 21.8 Å². The molecule has 2 rings (SSSR count). The SMILES string of the molecule is COC(=O)c1cc(N2CCCS2(=O)=O)ncc1C. The highest BCUT2D eigenvalue weighted by Crippen LogP contribution is 2.24. The van der Waals surface area contributed by atoms with Crippen LogP contribution >= 0.6 is 0 Å². The molecule has 1 aromatic rings. The van der Waals surface area contributed by atoms with Crippen LogP contribution in [0.1, 0.15) is 22.3 Å². The second-order valence-electron chi connectivity index (χ2n) is 4.09. The maximum Gasteiger partial charge on any atom is 0.338 e. The summed E-state index contributed by atoms with van der Waals surface area (Å²) in [5, 5.41) is 0. The van der Waals surface area contributed by atoms with Gasteiger partial charge in [0.25, 0.3) is 0 Å². The van der Waals surface area contributed by atoms with E-state index in [1.165, 1.54) is 23.7 Å². The van der Waals surface area contributed by atoms with Gasteiger partial charge in [0, 0.05) is 12.7 Å². The molecule has 2 heterocycles. The Labute approximate surface area is 106 Å². The van der Waals surface area contributed by atoms with Crippen LogP contribution in [0.2, 0.25) is 0 Å². The standard InChI is InChI=1S/C11H14N2O4S/c1-8-7-12-10(6-9(8)11(14)17-2)13-4-3-5-18(13,15)16/h6-7H,3-5H2,1-2H3. The Bertz CT molecular complexity index is 583. The molecule has 0 saturated carbocycles. The number of pyridine rings is 1. The summed E-state index contributed by atoms with van der Waals surface area (Å²) in [6, 6.07) is 1.46. The van der Waals surface area contributed by atoms with E-state index in [-0.39, 0.29) is 11.6 Å². The summed E-state index contributed by atoms with van der Waals surface area (Å²) < 4.78 is 29.4. The van der Waals surface area contributed by atoms with Crippen LogP contribution in [0.25, 0.3) is 0 Å². The second kappa shape index (κ2) is 4.56. The Balaban J connectivity index is 2.45. The number of anilines is 1. The monoisotopic (exact) mass is 270 g/mol. The van der Waals surface area contributed by atoms with E-state index in [0.29, 0.717) is 24.1 Å². The minimum Gasteiger partial charge on any atom is -0.465 e. The summed E-state index contributed by atoms with van der Waals surface area (Å²) in [7, 11) is -2.00. The summed E-state index contributed by atoms with van der Waals surface area (Å²) >= 11 is 0. The molecule has 1 aliphatic rings. The highest BCUT2D eigenvalue weighted by atomic mass is 32.2. The van der Waals surface area contributed by atoms with Gasteiger partial charge in [-0.25, -0.2) is 18.2 Å². The number of rotatable bonds is 2. The third-order valence-corrected chi connectivity index (χ3v) is 4.69. The first-order chi connectivity index (χ1) is 8.45. The minimum absolute atomic E-state index is 0.121. The van der Waals surface area contributed by atoms with Crippen LogP contribution in [0.15, 0.2) is 12.3 Å². The van der Waals surface area contributed by atoms with Gasteiger partial charge in [-0.1, -0.05) is 0 Å². The Morgan fingerprint density at radius 3 is 2.78 bits per heavy atom. The molecule has 1 saturated heterocycles. The Hall–Kier alpha value is -1.63. The van der Waals surface area contributed by atoms with Crippen LogP contribution in [-0.2, 0) is 14.8 Å². The topological polar surface area (TPSA) is 76.6 Å². The molecule has 98 valence electrons. The van der Waals surface area contributed by atoms with Gasteiger partial charge in [-0.2, -0.15) is 0 Å². The summed E-state index contributed by atoms with van der Waals surface area (Å²) in [6.45, 7) is 2.13. The fourth-order valence-electron chi connectivity index (χ4n) is 1.88. The molecule has 1 aliphatic heterocycles. The van der Waals surface area contributed by atoms with Gasteiger partial charge in [-0.05, 0) is 25.0 Å². The third kappa shape index (κ3) is 2.17. The molecule has 0 aliphatic carbocycles. The Morgan fingerprint density at radius 2 is 2.22 bits per heavy atom. The molecule has 0 N–H and O–H groups in total. The number of ether oxygens (including phenoxy) is 1. The zero-order valence-corrected chi connectivity index (χ0v) is 11.0. The van der Waals surface area contributed by atoms with Gasteiger partial charge in [0.15, 0.2) is 0 Å². The molecule has 0 bridgehead atoms. The van der Waals surface area contributed by atoms with Crippen molar-refractivity contribution in [2.45, 2.75) is 13.3 Å². The maximum atomic E-state index is 11.8. The van der Waals surface area contributed by atoms with Crippen LogP contribution in [0.5, 0.6) is 0 Å². The van der Waals surface area contributed by atoms with Crippen molar-refractivity contribution in [2.24, 2.45) is 0 Å². The number of carbonyl (C=O) groups excluding carboxylic acids is 1. The van der Waals surface area contributed by atoms with Crippen molar-refractivity contribution in [3.05, 3.63) is 23.4 Å². The zero-order valence-electron chi connectivity index (χ0n) is 10.2. The van der Waals surface area contributed by atoms with Crippen molar-refractivity contribution in [1.82, 2.24) is 4.98 Å². The van der Waals surface area contributed by atoms with Gasteiger partial charge < -0.3 is 4.74 Å². The summed E-state index contributed by atoms with van der Waals surface area (Å²) in [5.74, 6) is -0.0953. The van der Waals surface area contributed by atoms with Gasteiger partial charge in [-0.15, -0.1) is 0 Å². The average molecular weight is 270 g/mol. The summed E-state index contributed by atoms with van der Waals surface area (Å²) in [6.07, 6.45) is 2.06. The molecule has 0 unspecified atom stereocenters. The smallest absolute Gasteiger partial charge is 0.338 e. The first-order valence-electron chi connectivity index (χ1n) is 5.51. The average Bonchev–Trinajstić information content (AvgIpc) is 2.69. The van der Waals surface area contributed by atoms with Crippen LogP contribution in [0.3, 0.4) is 0 Å². The summed E-state index contributed by atoms with van der Waals surface area (Å²) in [5.41, 5.74) is 0.992. The van der Waals surface area contributed by atoms with E-state index in [1.54, 1.807) is 6.92 Å². The number of aromatic nitrogens is 1. The predicted molar refractivity (Wildman–Crippen MR) is 66.1 cm³/mol. The molecular weight excluding hydrogens is 256 g/mol. The van der Waals surface area contributed by atoms with E-state index >= 15 is 0 Å². The number of carbonyl (C=O) groups is 1. The highest BCUT2D eigenvalue weighted by molar-refractivity contribution is 7.93. The highest BCUT2D eigenvalue weighted by Gasteiger charge is 2.30. The largest absolute Gasteiger partial charge is 0.465 e. The maximum absolute atomic E-state index is 11.8. The molecule has 1 fully saturated rings. The van der Waals surface area contributed by atoms with Crippen LogP contribution in [0, 0.1) is 6.92 Å². The Kier molecular flexibility index (Phi) is 3.25. The van der Waals surface area contributed by atoms with Crippen LogP contribution < -0.4 is 4.31 Å². The second-order valence-corrected chi connectivity index (χ2v) is 6.10. The number of aryl methyl sites for hydroxylation is 1. The lowest BCUT2D eigenvalue weighted by Crippen LogP contribution is -2.26. The van der Waals surface area contributed by atoms with E-state index in [4.69, 9.17) is 0 Å². The van der Waals surface area contributed by atoms with E-state index in [1.807, 2.05) is 0 Å². The molecule has 1 aromatic heterocycles. The van der Waals surface area contributed by atoms with Gasteiger partial charge in [0.2, 0.25) is 10.0 Å². The van der Waals surface area contributed by atoms with Crippen LogP contribution in [0.4, 0.5) is 5.82 Å². The lowest BCUT2D eigenvalue weighted by atomic mass is 10.1. The number of esters is 1.